The molecule has 3 heteroatoms. The third-order valence-electron chi connectivity index (χ3n) is 3.30. The van der Waals surface area contributed by atoms with Crippen LogP contribution in [0, 0.1) is 12.2 Å². The van der Waals surface area contributed by atoms with Gasteiger partial charge >= 0.3 is 95.6 Å². The molecule has 0 spiro atoms. The Balaban J connectivity index is 0.000000432. The van der Waals surface area contributed by atoms with E-state index in [4.69, 9.17) is 0 Å². The molecule has 2 aliphatic rings. The number of hydrogen-bond acceptors (Lipinski definition) is 0. The molecule has 0 nitrogen and oxygen atoms in total. The molecule has 0 aromatic heterocycles. The molecule has 0 heterocycles. The molecule has 132 valence electrons. The van der Waals surface area contributed by atoms with Crippen LogP contribution in [0.5, 0.6) is 0 Å². The van der Waals surface area contributed by atoms with Gasteiger partial charge < -0.3 is 0 Å². The molecule has 0 radical (unpaired) electrons. The Bertz CT molecular complexity index is 646. The van der Waals surface area contributed by atoms with Crippen molar-refractivity contribution >= 4 is 28.6 Å². The molecule has 2 aliphatic carbocycles. The Morgan fingerprint density at radius 3 is 1.27 bits per heavy atom. The number of hydrogen-bond donors (Lipinski definition) is 0. The number of halogens is 2. The van der Waals surface area contributed by atoms with Gasteiger partial charge in [0.1, 0.15) is 0 Å². The number of benzene rings is 2. The van der Waals surface area contributed by atoms with Crippen LogP contribution in [-0.2, 0) is 20.0 Å². The quantitative estimate of drug-likeness (QED) is 0.400. The normalized spacial score (nSPS) is 12.1. The van der Waals surface area contributed by atoms with Gasteiger partial charge in [0.2, 0.25) is 0 Å². The van der Waals surface area contributed by atoms with Crippen LogP contribution in [0.25, 0.3) is 0 Å². The minimum absolute atomic E-state index is 0. The maximum absolute atomic E-state index is 2.99. The van der Waals surface area contributed by atoms with Crippen molar-refractivity contribution in [3.8, 4) is 0 Å². The SMILES string of the molecule is Cl.Cl.[C-]1=CC=CC1.[C-]1=CC=CC1.[Ti+2]=[C](c1ccccc1)c1ccccc1. The molecule has 0 bridgehead atoms. The van der Waals surface area contributed by atoms with E-state index in [1.807, 2.05) is 36.4 Å². The van der Waals surface area contributed by atoms with Crippen LogP contribution in [-0.4, -0.2) is 3.81 Å². The van der Waals surface area contributed by atoms with Gasteiger partial charge in [0.25, 0.3) is 0 Å². The van der Waals surface area contributed by atoms with Crippen molar-refractivity contribution in [2.75, 3.05) is 0 Å². The average Bonchev–Trinajstić information content (AvgIpc) is 3.41. The Labute approximate surface area is 181 Å². The summed E-state index contributed by atoms with van der Waals surface area (Å²) in [6, 6.07) is 20.9. The van der Waals surface area contributed by atoms with E-state index < -0.39 is 0 Å². The van der Waals surface area contributed by atoms with E-state index in [-0.39, 0.29) is 24.8 Å². The molecule has 4 rings (SSSR count). The Morgan fingerprint density at radius 2 is 1.04 bits per heavy atom. The van der Waals surface area contributed by atoms with E-state index in [9.17, 15) is 0 Å². The fourth-order valence-corrected chi connectivity index (χ4v) is 2.58. The first kappa shape index (κ1) is 24.6. The molecule has 0 atom stereocenters. The summed E-state index contributed by atoms with van der Waals surface area (Å²) in [7, 11) is 0. The first-order valence-corrected chi connectivity index (χ1v) is 8.79. The van der Waals surface area contributed by atoms with Crippen molar-refractivity contribution in [1.82, 2.24) is 0 Å². The van der Waals surface area contributed by atoms with Gasteiger partial charge in [-0.05, 0) is 0 Å². The van der Waals surface area contributed by atoms with Crippen molar-refractivity contribution in [2.45, 2.75) is 12.8 Å². The van der Waals surface area contributed by atoms with Gasteiger partial charge in [-0.2, -0.15) is 12.2 Å². The standard InChI is InChI=1S/C13H10.2C5H5.2ClH.Ti/c1-3-7-12(8-4-1)11-13-9-5-2-6-10-13;2*1-2-4-5-3-1;;;/h1-10H;2*1-3H,4H2;2*1H;/q;2*-1;;;+2. The molecule has 0 aliphatic heterocycles. The van der Waals surface area contributed by atoms with Crippen molar-refractivity contribution < 1.29 is 20.0 Å². The first-order chi connectivity index (χ1) is 11.9. The fraction of sp³-hybridized carbons (Fsp3) is 0.0870. The van der Waals surface area contributed by atoms with Gasteiger partial charge in [-0.25, -0.2) is 24.3 Å². The molecule has 2 aromatic rings. The van der Waals surface area contributed by atoms with Crippen LogP contribution in [0.3, 0.4) is 0 Å². The van der Waals surface area contributed by atoms with Gasteiger partial charge in [0.05, 0.1) is 0 Å². The molecule has 0 unspecified atom stereocenters. The topological polar surface area (TPSA) is 0 Å². The third kappa shape index (κ3) is 9.89. The maximum atomic E-state index is 2.99. The summed E-state index contributed by atoms with van der Waals surface area (Å²) in [6.45, 7) is 0. The van der Waals surface area contributed by atoms with Crippen LogP contribution in [0.2, 0.25) is 0 Å². The summed E-state index contributed by atoms with van der Waals surface area (Å²) in [5, 5.41) is 0. The van der Waals surface area contributed by atoms with E-state index in [1.165, 1.54) is 14.9 Å². The predicted molar refractivity (Wildman–Crippen MR) is 114 cm³/mol. The molecular formula is C23H22Cl2Ti. The predicted octanol–water partition coefficient (Wildman–Crippen LogP) is 6.26. The van der Waals surface area contributed by atoms with E-state index in [0.29, 0.717) is 0 Å². The van der Waals surface area contributed by atoms with Crippen molar-refractivity contribution in [1.29, 1.82) is 0 Å². The van der Waals surface area contributed by atoms with Gasteiger partial charge in [-0.15, -0.1) is 37.7 Å². The minimum atomic E-state index is 0. The van der Waals surface area contributed by atoms with Crippen LogP contribution < -0.4 is 0 Å². The van der Waals surface area contributed by atoms with Crippen LogP contribution in [0.4, 0.5) is 0 Å². The molecule has 26 heavy (non-hydrogen) atoms. The summed E-state index contributed by atoms with van der Waals surface area (Å²) >= 11 is 2.16. The molecule has 0 saturated carbocycles. The molecular weight excluding hydrogens is 395 g/mol. The van der Waals surface area contributed by atoms with Crippen molar-refractivity contribution in [3.05, 3.63) is 120 Å². The zero-order valence-corrected chi connectivity index (χ0v) is 17.7. The van der Waals surface area contributed by atoms with E-state index in [1.54, 1.807) is 0 Å². The number of allylic oxidation sites excluding steroid dienone is 8. The average molecular weight is 417 g/mol. The second-order valence-corrected chi connectivity index (χ2v) is 5.89. The zero-order valence-electron chi connectivity index (χ0n) is 14.5. The summed E-state index contributed by atoms with van der Waals surface area (Å²) in [4.78, 5) is 0. The van der Waals surface area contributed by atoms with Gasteiger partial charge in [-0.3, -0.25) is 12.2 Å². The van der Waals surface area contributed by atoms with Gasteiger partial charge in [-0.1, -0.05) is 0 Å². The molecule has 0 amide bonds. The van der Waals surface area contributed by atoms with Gasteiger partial charge in [0, 0.05) is 0 Å². The third-order valence-corrected chi connectivity index (χ3v) is 4.20. The summed E-state index contributed by atoms with van der Waals surface area (Å²) < 4.78 is 1.33. The van der Waals surface area contributed by atoms with E-state index >= 15 is 0 Å². The van der Waals surface area contributed by atoms with Crippen LogP contribution >= 0.6 is 24.8 Å². The first-order valence-electron chi connectivity index (χ1n) is 8.01. The molecule has 0 saturated heterocycles. The second-order valence-electron chi connectivity index (χ2n) is 5.11. The second kappa shape index (κ2) is 15.8. The van der Waals surface area contributed by atoms with E-state index in [2.05, 4.69) is 92.8 Å². The van der Waals surface area contributed by atoms with E-state index in [0.717, 1.165) is 12.8 Å². The van der Waals surface area contributed by atoms with Crippen LogP contribution in [0.1, 0.15) is 24.0 Å². The molecule has 0 N–H and O–H groups in total. The zero-order chi connectivity index (χ0) is 16.9. The monoisotopic (exact) mass is 416 g/mol. The Morgan fingerprint density at radius 1 is 0.654 bits per heavy atom. The van der Waals surface area contributed by atoms with Crippen molar-refractivity contribution in [3.63, 3.8) is 0 Å². The Hall–Kier alpha value is -1.44. The summed E-state index contributed by atoms with van der Waals surface area (Å²) in [5.41, 5.74) is 2.58. The van der Waals surface area contributed by atoms with Gasteiger partial charge in [0.15, 0.2) is 0 Å². The molecule has 2 aromatic carbocycles. The molecule has 0 fully saturated rings. The fourth-order valence-electron chi connectivity index (χ4n) is 2.06. The van der Waals surface area contributed by atoms with Crippen molar-refractivity contribution in [2.24, 2.45) is 0 Å². The Kier molecular flexibility index (Phi) is 14.9. The summed E-state index contributed by atoms with van der Waals surface area (Å²) in [5.74, 6) is 0. The van der Waals surface area contributed by atoms with Crippen LogP contribution in [0.15, 0.2) is 97.1 Å². The summed E-state index contributed by atoms with van der Waals surface area (Å²) in [6.07, 6.45) is 20.0. The number of rotatable bonds is 2.